The molecule has 0 spiro atoms. The van der Waals surface area contributed by atoms with Gasteiger partial charge in [-0.1, -0.05) is 36.3 Å². The van der Waals surface area contributed by atoms with Crippen molar-refractivity contribution in [2.45, 2.75) is 71.5 Å². The molecular formula is C24H36FN5O9P+. The van der Waals surface area contributed by atoms with E-state index in [1.807, 2.05) is 13.8 Å². The van der Waals surface area contributed by atoms with Gasteiger partial charge in [-0.3, -0.25) is 14.4 Å². The lowest BCUT2D eigenvalue weighted by Gasteiger charge is -2.35. The zero-order valence-corrected chi connectivity index (χ0v) is 24.2. The van der Waals surface area contributed by atoms with Gasteiger partial charge in [0.25, 0.3) is 5.79 Å². The Morgan fingerprint density at radius 3 is 2.38 bits per heavy atom. The predicted octanol–water partition coefficient (Wildman–Crippen LogP) is 2.79. The van der Waals surface area contributed by atoms with E-state index in [9.17, 15) is 23.3 Å². The fraction of sp³-hybridized carbons (Fsp3) is 0.625. The number of alkyl halides is 1. The van der Waals surface area contributed by atoms with Crippen molar-refractivity contribution < 1.29 is 46.8 Å². The van der Waals surface area contributed by atoms with Gasteiger partial charge in [-0.15, -0.1) is 0 Å². The number of fused-ring (bicyclic) bond motifs is 1. The van der Waals surface area contributed by atoms with Crippen LogP contribution in [0.3, 0.4) is 0 Å². The van der Waals surface area contributed by atoms with Crippen LogP contribution in [0.1, 0.15) is 59.3 Å². The summed E-state index contributed by atoms with van der Waals surface area (Å²) in [7, 11) is -2.01. The van der Waals surface area contributed by atoms with E-state index in [0.717, 1.165) is 40.1 Å². The Balaban J connectivity index is 2.42. The topological polar surface area (TPSA) is 183 Å². The molecule has 2 aromatic rings. The van der Waals surface area contributed by atoms with Gasteiger partial charge in [-0.05, 0) is 29.5 Å². The normalized spacial score (nSPS) is 15.7. The third-order valence-electron chi connectivity index (χ3n) is 6.13. The largest absolute Gasteiger partial charge is 0.617 e. The SMILES string of the molecule is CCC(CC)COC(=O)[C@H](C)N[P+](=O)O[C@@](CF)(OC)[C@@H](OC(C)=O)[C@@H](OC(C)=O)c1ccc2c(N)ncnn12. The van der Waals surface area contributed by atoms with Crippen LogP contribution >= 0.6 is 8.18 Å². The minimum atomic E-state index is -3.04. The van der Waals surface area contributed by atoms with Gasteiger partial charge < -0.3 is 24.7 Å². The number of nitrogen functional groups attached to an aromatic ring is 1. The molecule has 0 amide bonds. The van der Waals surface area contributed by atoms with Crippen molar-refractivity contribution in [1.82, 2.24) is 19.7 Å². The molecule has 0 radical (unpaired) electrons. The number of anilines is 1. The molecule has 0 aliphatic carbocycles. The number of ether oxygens (including phenoxy) is 4. The smallest absolute Gasteiger partial charge is 0.464 e. The van der Waals surface area contributed by atoms with Crippen molar-refractivity contribution in [1.29, 1.82) is 0 Å². The first-order chi connectivity index (χ1) is 18.9. The molecule has 40 heavy (non-hydrogen) atoms. The summed E-state index contributed by atoms with van der Waals surface area (Å²) in [6, 6.07) is 1.84. The number of nitrogens with zero attached hydrogens (tertiary/aromatic N) is 3. The molecule has 0 saturated heterocycles. The maximum Gasteiger partial charge on any atom is 0.617 e. The van der Waals surface area contributed by atoms with Crippen LogP contribution in [0.5, 0.6) is 0 Å². The number of nitrogens with one attached hydrogen (secondary N) is 1. The molecule has 2 aromatic heterocycles. The first-order valence-corrected chi connectivity index (χ1v) is 13.7. The molecule has 222 valence electrons. The molecule has 16 heteroatoms. The summed E-state index contributed by atoms with van der Waals surface area (Å²) in [6.45, 7) is 6.10. The highest BCUT2D eigenvalue weighted by molar-refractivity contribution is 7.36. The van der Waals surface area contributed by atoms with E-state index in [1.165, 1.54) is 23.6 Å². The van der Waals surface area contributed by atoms with Gasteiger partial charge in [0.1, 0.15) is 17.9 Å². The number of nitrogens with two attached hydrogens (primary N) is 1. The summed E-state index contributed by atoms with van der Waals surface area (Å²) in [5.41, 5.74) is 6.30. The number of methoxy groups -OCH3 is 1. The van der Waals surface area contributed by atoms with Crippen LogP contribution in [-0.2, 0) is 42.4 Å². The van der Waals surface area contributed by atoms with E-state index in [-0.39, 0.29) is 24.0 Å². The molecule has 5 atom stereocenters. The predicted molar refractivity (Wildman–Crippen MR) is 139 cm³/mol. The van der Waals surface area contributed by atoms with Crippen molar-refractivity contribution in [3.63, 3.8) is 0 Å². The number of esters is 3. The van der Waals surface area contributed by atoms with E-state index < -0.39 is 56.8 Å². The highest BCUT2D eigenvalue weighted by atomic mass is 31.1. The maximum atomic E-state index is 14.8. The van der Waals surface area contributed by atoms with Gasteiger partial charge in [0, 0.05) is 21.0 Å². The number of carbonyl (C=O) groups excluding carboxylic acids is 3. The second-order valence-corrected chi connectivity index (χ2v) is 9.88. The van der Waals surface area contributed by atoms with Crippen LogP contribution in [0.4, 0.5) is 10.2 Å². The van der Waals surface area contributed by atoms with E-state index in [2.05, 4.69) is 15.2 Å². The van der Waals surface area contributed by atoms with Gasteiger partial charge in [0.2, 0.25) is 6.10 Å². The summed E-state index contributed by atoms with van der Waals surface area (Å²) >= 11 is 0. The lowest BCUT2D eigenvalue weighted by molar-refractivity contribution is -0.263. The van der Waals surface area contributed by atoms with Gasteiger partial charge in [0.05, 0.1) is 12.3 Å². The summed E-state index contributed by atoms with van der Waals surface area (Å²) in [6.07, 6.45) is -0.674. The van der Waals surface area contributed by atoms with Gasteiger partial charge in [-0.2, -0.15) is 5.10 Å². The summed E-state index contributed by atoms with van der Waals surface area (Å²) < 4.78 is 55.8. The molecule has 0 aromatic carbocycles. The molecular weight excluding hydrogens is 552 g/mol. The third-order valence-corrected chi connectivity index (χ3v) is 7.21. The third kappa shape index (κ3) is 8.13. The maximum absolute atomic E-state index is 14.8. The Labute approximate surface area is 231 Å². The van der Waals surface area contributed by atoms with Crippen LogP contribution in [0.15, 0.2) is 18.5 Å². The molecule has 0 aliphatic rings. The second kappa shape index (κ2) is 14.9. The molecule has 0 bridgehead atoms. The van der Waals surface area contributed by atoms with Crippen molar-refractivity contribution in [2.75, 3.05) is 26.1 Å². The van der Waals surface area contributed by atoms with E-state index in [0.29, 0.717) is 5.52 Å². The number of halogens is 1. The minimum absolute atomic E-state index is 0.0870. The first kappa shape index (κ1) is 32.9. The zero-order valence-electron chi connectivity index (χ0n) is 23.3. The number of carbonyl (C=O) groups is 3. The molecule has 0 aliphatic heterocycles. The molecule has 2 rings (SSSR count). The molecule has 3 N–H and O–H groups in total. The van der Waals surface area contributed by atoms with Crippen molar-refractivity contribution >= 4 is 37.4 Å². The van der Waals surface area contributed by atoms with Gasteiger partial charge in [-0.25, -0.2) is 13.9 Å². The Kier molecular flexibility index (Phi) is 12.3. The monoisotopic (exact) mass is 588 g/mol. The zero-order chi connectivity index (χ0) is 30.0. The first-order valence-electron chi connectivity index (χ1n) is 12.6. The Hall–Kier alpha value is -3.26. The lowest BCUT2D eigenvalue weighted by atomic mass is 10.0. The molecule has 2 heterocycles. The number of hydrogen-bond donors (Lipinski definition) is 2. The highest BCUT2D eigenvalue weighted by Gasteiger charge is 2.57. The quantitative estimate of drug-likeness (QED) is 0.126. The minimum Gasteiger partial charge on any atom is -0.464 e. The van der Waals surface area contributed by atoms with Crippen LogP contribution < -0.4 is 10.8 Å². The van der Waals surface area contributed by atoms with Gasteiger partial charge >= 0.3 is 26.1 Å². The lowest BCUT2D eigenvalue weighted by Crippen LogP contribution is -2.54. The van der Waals surface area contributed by atoms with E-state index in [1.54, 1.807) is 0 Å². The Morgan fingerprint density at radius 2 is 1.82 bits per heavy atom. The average molecular weight is 589 g/mol. The fourth-order valence-electron chi connectivity index (χ4n) is 3.79. The summed E-state index contributed by atoms with van der Waals surface area (Å²) in [5, 5.41) is 6.48. The molecule has 1 unspecified atom stereocenters. The number of aromatic nitrogens is 3. The van der Waals surface area contributed by atoms with Crippen LogP contribution in [0.25, 0.3) is 5.52 Å². The summed E-state index contributed by atoms with van der Waals surface area (Å²) in [4.78, 5) is 40.6. The van der Waals surface area contributed by atoms with Crippen molar-refractivity contribution in [3.8, 4) is 0 Å². The second-order valence-electron chi connectivity index (χ2n) is 8.92. The van der Waals surface area contributed by atoms with E-state index >= 15 is 0 Å². The Bertz CT molecular complexity index is 1190. The Morgan fingerprint density at radius 1 is 1.18 bits per heavy atom. The number of hydrogen-bond acceptors (Lipinski definition) is 12. The van der Waals surface area contributed by atoms with Crippen LogP contribution in [-0.4, -0.2) is 70.8 Å². The number of rotatable bonds is 16. The highest BCUT2D eigenvalue weighted by Crippen LogP contribution is 2.40. The van der Waals surface area contributed by atoms with E-state index in [4.69, 9.17) is 29.2 Å². The average Bonchev–Trinajstić information content (AvgIpc) is 3.34. The van der Waals surface area contributed by atoms with Crippen LogP contribution in [0, 0.1) is 5.92 Å². The van der Waals surface area contributed by atoms with Crippen LogP contribution in [0.2, 0.25) is 0 Å². The molecule has 0 saturated carbocycles. The van der Waals surface area contributed by atoms with Crippen molar-refractivity contribution in [3.05, 3.63) is 24.2 Å². The molecule has 14 nitrogen and oxygen atoms in total. The van der Waals surface area contributed by atoms with Gasteiger partial charge in [0.15, 0.2) is 18.6 Å². The molecule has 0 fully saturated rings. The fourth-order valence-corrected chi connectivity index (χ4v) is 4.78. The standard InChI is InChI=1S/C24H36FN5O9P/c1-7-17(8-2)11-36-23(33)14(3)29-40(34)39-24(12-25,35-6)21(38-16(5)32)20(37-15(4)31)18-9-10-19-22(26)27-13-28-30(18)19/h9-10,13-14,17,20-21H,7-8,11-12H2,1-6H3,(H,29,34)(H2,26,27,28)/q+1/t14-,20-,21-,24+/m0/s1. The summed E-state index contributed by atoms with van der Waals surface area (Å²) in [5.74, 6) is -4.77. The van der Waals surface area contributed by atoms with Crippen molar-refractivity contribution in [2.24, 2.45) is 5.92 Å².